The van der Waals surface area contributed by atoms with Crippen LogP contribution in [0, 0.1) is 13.8 Å². The maximum absolute atomic E-state index is 12.6. The third kappa shape index (κ3) is 3.14. The molecule has 1 saturated heterocycles. The number of amides is 1. The Morgan fingerprint density at radius 3 is 2.67 bits per heavy atom. The summed E-state index contributed by atoms with van der Waals surface area (Å²) in [6.07, 6.45) is 0.535. The molecule has 0 aliphatic carbocycles. The lowest BCUT2D eigenvalue weighted by Crippen LogP contribution is -2.52. The van der Waals surface area contributed by atoms with E-state index in [0.29, 0.717) is 6.54 Å². The van der Waals surface area contributed by atoms with E-state index in [1.807, 2.05) is 26.0 Å². The van der Waals surface area contributed by atoms with Crippen LogP contribution >= 0.6 is 0 Å². The average Bonchev–Trinajstić information content (AvgIpc) is 2.89. The first-order valence-electron chi connectivity index (χ1n) is 7.98. The summed E-state index contributed by atoms with van der Waals surface area (Å²) < 4.78 is 10.9. The minimum absolute atomic E-state index is 0.0758. The second kappa shape index (κ2) is 6.28. The highest BCUT2D eigenvalue weighted by molar-refractivity contribution is 5.88. The number of carboxylic acid groups (broad SMARTS) is 1. The molecule has 1 aromatic carbocycles. The molecule has 0 radical (unpaired) electrons. The molecule has 1 aliphatic heterocycles. The number of ether oxygens (including phenoxy) is 1. The molecule has 1 N–H and O–H groups in total. The van der Waals surface area contributed by atoms with E-state index in [-0.39, 0.29) is 25.0 Å². The summed E-state index contributed by atoms with van der Waals surface area (Å²) in [6, 6.07) is 3.99. The molecule has 1 amide bonds. The fraction of sp³-hybridized carbons (Fsp3) is 0.444. The number of benzene rings is 1. The molecular formula is C18H21NO5. The fourth-order valence-corrected chi connectivity index (χ4v) is 3.04. The van der Waals surface area contributed by atoms with E-state index < -0.39 is 12.1 Å². The van der Waals surface area contributed by atoms with Gasteiger partial charge in [0.15, 0.2) is 6.10 Å². The van der Waals surface area contributed by atoms with Gasteiger partial charge in [0.1, 0.15) is 5.58 Å². The van der Waals surface area contributed by atoms with Crippen molar-refractivity contribution in [2.45, 2.75) is 39.4 Å². The van der Waals surface area contributed by atoms with Crippen molar-refractivity contribution in [1.82, 2.24) is 4.90 Å². The smallest absolute Gasteiger partial charge is 0.334 e. The average molecular weight is 331 g/mol. The quantitative estimate of drug-likeness (QED) is 0.933. The van der Waals surface area contributed by atoms with Crippen molar-refractivity contribution in [3.05, 3.63) is 35.1 Å². The lowest BCUT2D eigenvalue weighted by atomic mass is 10.0. The number of aliphatic carboxylic acids is 1. The number of carbonyl (C=O) groups is 2. The van der Waals surface area contributed by atoms with Gasteiger partial charge in [0.25, 0.3) is 0 Å². The Hall–Kier alpha value is -2.34. The van der Waals surface area contributed by atoms with Crippen LogP contribution in [0.1, 0.15) is 23.6 Å². The highest BCUT2D eigenvalue weighted by Gasteiger charge is 2.32. The molecule has 1 fully saturated rings. The summed E-state index contributed by atoms with van der Waals surface area (Å²) in [7, 11) is 0. The SMILES string of the molecule is Cc1cc2occ(CC(=O)N3CC(C(=O)O)O[C@H](C)C3)c2cc1C. The lowest BCUT2D eigenvalue weighted by molar-refractivity contribution is -0.166. The zero-order chi connectivity index (χ0) is 17.4. The Kier molecular flexibility index (Phi) is 4.32. The van der Waals surface area contributed by atoms with E-state index >= 15 is 0 Å². The van der Waals surface area contributed by atoms with Crippen LogP contribution in [-0.4, -0.2) is 47.2 Å². The monoisotopic (exact) mass is 331 g/mol. The highest BCUT2D eigenvalue weighted by Crippen LogP contribution is 2.26. The van der Waals surface area contributed by atoms with Gasteiger partial charge in [0.05, 0.1) is 25.3 Å². The van der Waals surface area contributed by atoms with Crippen molar-refractivity contribution in [2.75, 3.05) is 13.1 Å². The minimum atomic E-state index is -1.04. The predicted octanol–water partition coefficient (Wildman–Crippen LogP) is 2.29. The van der Waals surface area contributed by atoms with Gasteiger partial charge in [-0.2, -0.15) is 0 Å². The first-order chi connectivity index (χ1) is 11.3. The molecule has 2 aromatic rings. The van der Waals surface area contributed by atoms with Gasteiger partial charge < -0.3 is 19.2 Å². The van der Waals surface area contributed by atoms with Crippen molar-refractivity contribution in [1.29, 1.82) is 0 Å². The van der Waals surface area contributed by atoms with E-state index in [9.17, 15) is 9.59 Å². The molecule has 0 saturated carbocycles. The van der Waals surface area contributed by atoms with E-state index in [1.54, 1.807) is 18.1 Å². The zero-order valence-corrected chi connectivity index (χ0v) is 14.0. The summed E-state index contributed by atoms with van der Waals surface area (Å²) in [5.74, 6) is -1.16. The summed E-state index contributed by atoms with van der Waals surface area (Å²) in [4.78, 5) is 25.3. The van der Waals surface area contributed by atoms with Crippen molar-refractivity contribution in [3.8, 4) is 0 Å². The van der Waals surface area contributed by atoms with Gasteiger partial charge in [0, 0.05) is 17.5 Å². The van der Waals surface area contributed by atoms with Gasteiger partial charge >= 0.3 is 5.97 Å². The molecule has 1 aromatic heterocycles. The van der Waals surface area contributed by atoms with Gasteiger partial charge in [-0.3, -0.25) is 4.79 Å². The largest absolute Gasteiger partial charge is 0.479 e. The number of hydrogen-bond donors (Lipinski definition) is 1. The normalized spacial score (nSPS) is 21.2. The number of aryl methyl sites for hydroxylation is 2. The summed E-state index contributed by atoms with van der Waals surface area (Å²) >= 11 is 0. The van der Waals surface area contributed by atoms with Crippen LogP contribution in [0.3, 0.4) is 0 Å². The van der Waals surface area contributed by atoms with Crippen LogP contribution in [0.4, 0.5) is 0 Å². The Bertz CT molecular complexity index is 794. The molecule has 0 bridgehead atoms. The lowest BCUT2D eigenvalue weighted by Gasteiger charge is -2.35. The van der Waals surface area contributed by atoms with E-state index in [0.717, 1.165) is 27.7 Å². The molecule has 0 spiro atoms. The van der Waals surface area contributed by atoms with Crippen LogP contribution in [0.5, 0.6) is 0 Å². The number of nitrogens with zero attached hydrogens (tertiary/aromatic N) is 1. The van der Waals surface area contributed by atoms with Gasteiger partial charge in [-0.1, -0.05) is 0 Å². The molecule has 6 nitrogen and oxygen atoms in total. The van der Waals surface area contributed by atoms with Crippen molar-refractivity contribution < 1.29 is 23.8 Å². The maximum atomic E-state index is 12.6. The number of carbonyl (C=O) groups excluding carboxylic acids is 1. The number of fused-ring (bicyclic) bond motifs is 1. The van der Waals surface area contributed by atoms with Crippen LogP contribution in [-0.2, 0) is 20.7 Å². The second-order valence-electron chi connectivity index (χ2n) is 6.44. The molecule has 6 heteroatoms. The molecule has 24 heavy (non-hydrogen) atoms. The van der Waals surface area contributed by atoms with Gasteiger partial charge in [-0.05, 0) is 44.0 Å². The Labute approximate surface area is 140 Å². The summed E-state index contributed by atoms with van der Waals surface area (Å²) in [6.45, 7) is 6.29. The fourth-order valence-electron chi connectivity index (χ4n) is 3.04. The maximum Gasteiger partial charge on any atom is 0.334 e. The van der Waals surface area contributed by atoms with E-state index in [1.165, 1.54) is 0 Å². The third-order valence-corrected chi connectivity index (χ3v) is 4.50. The second-order valence-corrected chi connectivity index (χ2v) is 6.44. The molecule has 1 aliphatic rings. The van der Waals surface area contributed by atoms with Crippen molar-refractivity contribution in [3.63, 3.8) is 0 Å². The van der Waals surface area contributed by atoms with Crippen LogP contribution in [0.25, 0.3) is 11.0 Å². The number of carboxylic acids is 1. The van der Waals surface area contributed by atoms with Crippen molar-refractivity contribution in [2.24, 2.45) is 0 Å². The number of morpholine rings is 1. The molecular weight excluding hydrogens is 310 g/mol. The first-order valence-corrected chi connectivity index (χ1v) is 7.98. The highest BCUT2D eigenvalue weighted by atomic mass is 16.5. The molecule has 3 rings (SSSR count). The Morgan fingerprint density at radius 2 is 1.96 bits per heavy atom. The van der Waals surface area contributed by atoms with E-state index in [4.69, 9.17) is 14.3 Å². The predicted molar refractivity (Wildman–Crippen MR) is 87.9 cm³/mol. The topological polar surface area (TPSA) is 80.0 Å². The van der Waals surface area contributed by atoms with Crippen LogP contribution in [0.15, 0.2) is 22.8 Å². The Balaban J connectivity index is 1.79. The molecule has 128 valence electrons. The molecule has 2 heterocycles. The van der Waals surface area contributed by atoms with Gasteiger partial charge in [-0.25, -0.2) is 4.79 Å². The number of hydrogen-bond acceptors (Lipinski definition) is 4. The molecule has 1 unspecified atom stereocenters. The number of rotatable bonds is 3. The summed E-state index contributed by atoms with van der Waals surface area (Å²) in [5, 5.41) is 10.1. The summed E-state index contributed by atoms with van der Waals surface area (Å²) in [5.41, 5.74) is 3.87. The Morgan fingerprint density at radius 1 is 1.25 bits per heavy atom. The van der Waals surface area contributed by atoms with Gasteiger partial charge in [-0.15, -0.1) is 0 Å². The van der Waals surface area contributed by atoms with Crippen LogP contribution < -0.4 is 0 Å². The standard InChI is InChI=1S/C18H21NO5/c1-10-4-14-13(9-23-15(14)5-11(10)2)6-17(20)19-7-12(3)24-16(8-19)18(21)22/h4-5,9,12,16H,6-8H2,1-3H3,(H,21,22)/t12-,16?/m1/s1. The third-order valence-electron chi connectivity index (χ3n) is 4.50. The van der Waals surface area contributed by atoms with Gasteiger partial charge in [0.2, 0.25) is 5.91 Å². The van der Waals surface area contributed by atoms with Crippen molar-refractivity contribution >= 4 is 22.8 Å². The number of furan rings is 1. The zero-order valence-electron chi connectivity index (χ0n) is 14.0. The van der Waals surface area contributed by atoms with E-state index in [2.05, 4.69) is 0 Å². The molecule has 2 atom stereocenters. The minimum Gasteiger partial charge on any atom is -0.479 e. The first kappa shape index (κ1) is 16.5. The van der Waals surface area contributed by atoms with Crippen LogP contribution in [0.2, 0.25) is 0 Å².